The Kier molecular flexibility index (Phi) is 5.24. The second-order valence-corrected chi connectivity index (χ2v) is 9.53. The minimum atomic E-state index is 0.594. The number of aromatic nitrogens is 2. The Morgan fingerprint density at radius 2 is 1.79 bits per heavy atom. The number of aromatic amines is 1. The molecule has 1 saturated heterocycles. The molecule has 2 aliphatic rings. The van der Waals surface area contributed by atoms with Gasteiger partial charge in [0.15, 0.2) is 0 Å². The molecular formula is C28H29N5. The first-order valence-corrected chi connectivity index (χ1v) is 12.1. The van der Waals surface area contributed by atoms with Gasteiger partial charge >= 0.3 is 0 Å². The van der Waals surface area contributed by atoms with E-state index in [2.05, 4.69) is 62.4 Å². The van der Waals surface area contributed by atoms with Crippen LogP contribution >= 0.6 is 0 Å². The third-order valence-corrected chi connectivity index (χ3v) is 7.76. The number of hydrogen-bond donors (Lipinski definition) is 1. The average Bonchev–Trinajstić information content (AvgIpc) is 3.32. The van der Waals surface area contributed by atoms with Crippen LogP contribution in [0.4, 0.5) is 5.69 Å². The van der Waals surface area contributed by atoms with Crippen LogP contribution in [0, 0.1) is 11.3 Å². The van der Waals surface area contributed by atoms with Crippen molar-refractivity contribution in [2.75, 3.05) is 31.1 Å². The van der Waals surface area contributed by atoms with Gasteiger partial charge in [-0.25, -0.2) is 0 Å². The Hall–Kier alpha value is -3.36. The number of anilines is 1. The molecule has 2 aromatic carbocycles. The van der Waals surface area contributed by atoms with Crippen molar-refractivity contribution in [1.29, 1.82) is 5.26 Å². The third kappa shape index (κ3) is 3.85. The summed E-state index contributed by atoms with van der Waals surface area (Å²) < 4.78 is 0. The van der Waals surface area contributed by atoms with E-state index in [1.54, 1.807) is 0 Å². The predicted molar refractivity (Wildman–Crippen MR) is 134 cm³/mol. The highest BCUT2D eigenvalue weighted by molar-refractivity contribution is 5.85. The van der Waals surface area contributed by atoms with Crippen molar-refractivity contribution in [3.8, 4) is 6.07 Å². The molecule has 0 atom stereocenters. The number of fused-ring (bicyclic) bond motifs is 2. The summed E-state index contributed by atoms with van der Waals surface area (Å²) in [6.45, 7) is 4.45. The van der Waals surface area contributed by atoms with Crippen LogP contribution in [-0.4, -0.2) is 47.1 Å². The Bertz CT molecular complexity index is 1320. The van der Waals surface area contributed by atoms with E-state index in [0.717, 1.165) is 42.8 Å². The lowest BCUT2D eigenvalue weighted by Gasteiger charge is -2.42. The summed E-state index contributed by atoms with van der Waals surface area (Å²) in [7, 11) is 0. The van der Waals surface area contributed by atoms with E-state index in [9.17, 15) is 5.26 Å². The standard InChI is InChI=1S/C28H29N5/c29-18-20-3-9-28-25(16-20)26(19-31-28)21-4-6-23(7-5-21)32-12-14-33(15-13-32)24-8-10-27-22(17-24)2-1-11-30-27/h1-3,8-11,16-17,19,21,23,31H,4-7,12-15H2. The summed E-state index contributed by atoms with van der Waals surface area (Å²) in [5, 5.41) is 11.7. The van der Waals surface area contributed by atoms with E-state index in [1.807, 2.05) is 24.4 Å². The van der Waals surface area contributed by atoms with Gasteiger partial charge in [-0.05, 0) is 79.6 Å². The van der Waals surface area contributed by atoms with Gasteiger partial charge in [0.2, 0.25) is 0 Å². The number of pyridine rings is 1. The Morgan fingerprint density at radius 3 is 2.61 bits per heavy atom. The zero-order chi connectivity index (χ0) is 22.2. The Balaban J connectivity index is 1.08. The molecule has 0 unspecified atom stereocenters. The number of H-pyrrole nitrogens is 1. The smallest absolute Gasteiger partial charge is 0.0991 e. The largest absolute Gasteiger partial charge is 0.369 e. The van der Waals surface area contributed by atoms with Crippen molar-refractivity contribution in [1.82, 2.24) is 14.9 Å². The summed E-state index contributed by atoms with van der Waals surface area (Å²) in [5.74, 6) is 0.594. The van der Waals surface area contributed by atoms with E-state index in [-0.39, 0.29) is 0 Å². The van der Waals surface area contributed by atoms with Crippen LogP contribution in [0.1, 0.15) is 42.7 Å². The van der Waals surface area contributed by atoms with Crippen molar-refractivity contribution in [2.24, 2.45) is 0 Å². The zero-order valence-corrected chi connectivity index (χ0v) is 18.9. The molecular weight excluding hydrogens is 406 g/mol. The summed E-state index contributed by atoms with van der Waals surface area (Å²) in [5.41, 5.74) is 5.67. The molecule has 1 aliphatic carbocycles. The number of piperazine rings is 1. The van der Waals surface area contributed by atoms with Crippen molar-refractivity contribution >= 4 is 27.5 Å². The second kappa shape index (κ2) is 8.53. The summed E-state index contributed by atoms with van der Waals surface area (Å²) in [6.07, 6.45) is 9.01. The van der Waals surface area contributed by atoms with E-state index in [1.165, 1.54) is 47.7 Å². The number of hydrogen-bond acceptors (Lipinski definition) is 4. The molecule has 5 nitrogen and oxygen atoms in total. The van der Waals surface area contributed by atoms with E-state index < -0.39 is 0 Å². The lowest BCUT2D eigenvalue weighted by atomic mass is 9.81. The van der Waals surface area contributed by atoms with Gasteiger partial charge < -0.3 is 9.88 Å². The van der Waals surface area contributed by atoms with Crippen molar-refractivity contribution < 1.29 is 0 Å². The summed E-state index contributed by atoms with van der Waals surface area (Å²) in [4.78, 5) is 13.1. The van der Waals surface area contributed by atoms with Gasteiger partial charge in [-0.1, -0.05) is 6.07 Å². The highest BCUT2D eigenvalue weighted by Gasteiger charge is 2.30. The number of nitrogens with one attached hydrogen (secondary N) is 1. The van der Waals surface area contributed by atoms with Crippen LogP contribution in [0.25, 0.3) is 21.8 Å². The minimum absolute atomic E-state index is 0.594. The molecule has 1 saturated carbocycles. The molecule has 0 radical (unpaired) electrons. The van der Waals surface area contributed by atoms with Gasteiger partial charge in [-0.3, -0.25) is 9.88 Å². The fourth-order valence-corrected chi connectivity index (χ4v) is 5.91. The minimum Gasteiger partial charge on any atom is -0.369 e. The Labute approximate surface area is 194 Å². The molecule has 166 valence electrons. The molecule has 33 heavy (non-hydrogen) atoms. The van der Waals surface area contributed by atoms with Crippen LogP contribution in [0.5, 0.6) is 0 Å². The molecule has 0 spiro atoms. The third-order valence-electron chi connectivity index (χ3n) is 7.76. The van der Waals surface area contributed by atoms with Crippen LogP contribution < -0.4 is 4.90 Å². The van der Waals surface area contributed by atoms with Crippen molar-refractivity contribution in [2.45, 2.75) is 37.6 Å². The summed E-state index contributed by atoms with van der Waals surface area (Å²) in [6, 6.07) is 19.8. The van der Waals surface area contributed by atoms with Gasteiger partial charge in [0.1, 0.15) is 0 Å². The monoisotopic (exact) mass is 435 g/mol. The lowest BCUT2D eigenvalue weighted by Crippen LogP contribution is -2.51. The first kappa shape index (κ1) is 20.3. The number of benzene rings is 2. The molecule has 0 bridgehead atoms. The molecule has 0 amide bonds. The molecule has 2 aromatic heterocycles. The topological polar surface area (TPSA) is 59.0 Å². The molecule has 5 heteroatoms. The van der Waals surface area contributed by atoms with Crippen LogP contribution in [0.15, 0.2) is 60.9 Å². The molecule has 3 heterocycles. The van der Waals surface area contributed by atoms with E-state index in [4.69, 9.17) is 0 Å². The number of nitriles is 1. The quantitative estimate of drug-likeness (QED) is 0.466. The van der Waals surface area contributed by atoms with Gasteiger partial charge in [0.05, 0.1) is 17.1 Å². The Morgan fingerprint density at radius 1 is 0.939 bits per heavy atom. The van der Waals surface area contributed by atoms with Gasteiger partial charge in [-0.15, -0.1) is 0 Å². The molecule has 2 fully saturated rings. The zero-order valence-electron chi connectivity index (χ0n) is 18.9. The maximum atomic E-state index is 9.28. The fourth-order valence-electron chi connectivity index (χ4n) is 5.91. The first-order valence-electron chi connectivity index (χ1n) is 12.1. The van der Waals surface area contributed by atoms with Crippen molar-refractivity contribution in [3.05, 3.63) is 72.1 Å². The maximum absolute atomic E-state index is 9.28. The normalized spacial score (nSPS) is 22.0. The number of rotatable bonds is 3. The van der Waals surface area contributed by atoms with E-state index in [0.29, 0.717) is 12.0 Å². The van der Waals surface area contributed by atoms with Crippen molar-refractivity contribution in [3.63, 3.8) is 0 Å². The highest BCUT2D eigenvalue weighted by atomic mass is 15.3. The maximum Gasteiger partial charge on any atom is 0.0991 e. The summed E-state index contributed by atoms with van der Waals surface area (Å²) >= 11 is 0. The predicted octanol–water partition coefficient (Wildman–Crippen LogP) is 5.44. The molecule has 4 aromatic rings. The number of nitrogens with zero attached hydrogens (tertiary/aromatic N) is 4. The lowest BCUT2D eigenvalue weighted by molar-refractivity contribution is 0.141. The van der Waals surface area contributed by atoms with Crippen LogP contribution in [0.3, 0.4) is 0 Å². The molecule has 6 rings (SSSR count). The average molecular weight is 436 g/mol. The molecule has 1 N–H and O–H groups in total. The highest BCUT2D eigenvalue weighted by Crippen LogP contribution is 2.38. The van der Waals surface area contributed by atoms with E-state index >= 15 is 0 Å². The SMILES string of the molecule is N#Cc1ccc2[nH]cc(C3CCC(N4CCN(c5ccc6ncccc6c5)CC4)CC3)c2c1. The fraction of sp³-hybridized carbons (Fsp3) is 0.357. The van der Waals surface area contributed by atoms with Gasteiger partial charge in [-0.2, -0.15) is 5.26 Å². The van der Waals surface area contributed by atoms with Gasteiger partial charge in [0, 0.05) is 66.6 Å². The van der Waals surface area contributed by atoms with Crippen LogP contribution in [-0.2, 0) is 0 Å². The second-order valence-electron chi connectivity index (χ2n) is 9.53. The van der Waals surface area contributed by atoms with Crippen LogP contribution in [0.2, 0.25) is 0 Å². The molecule has 1 aliphatic heterocycles. The van der Waals surface area contributed by atoms with Gasteiger partial charge in [0.25, 0.3) is 0 Å². The first-order chi connectivity index (χ1) is 16.3.